The predicted molar refractivity (Wildman–Crippen MR) is 79.0 cm³/mol. The van der Waals surface area contributed by atoms with Gasteiger partial charge in [0, 0.05) is 17.2 Å². The zero-order valence-corrected chi connectivity index (χ0v) is 12.3. The molecule has 0 radical (unpaired) electrons. The molecule has 2 rings (SSSR count). The lowest BCUT2D eigenvalue weighted by molar-refractivity contribution is -0.384. The van der Waals surface area contributed by atoms with Crippen molar-refractivity contribution in [1.82, 2.24) is 10.2 Å². The first kappa shape index (κ1) is 15.3. The summed E-state index contributed by atoms with van der Waals surface area (Å²) in [5, 5.41) is 19.7. The number of nitrogens with one attached hydrogen (secondary N) is 2. The highest BCUT2D eigenvalue weighted by atomic mass is 35.5. The van der Waals surface area contributed by atoms with E-state index in [1.165, 1.54) is 6.07 Å². The molecule has 0 bridgehead atoms. The number of carbonyl (C=O) groups excluding carboxylic acids is 1. The minimum atomic E-state index is -0.696. The molecule has 1 aromatic heterocycles. The van der Waals surface area contributed by atoms with Gasteiger partial charge in [-0.25, -0.2) is 0 Å². The van der Waals surface area contributed by atoms with Gasteiger partial charge in [0.25, 0.3) is 11.6 Å². The van der Waals surface area contributed by atoms with Crippen molar-refractivity contribution in [2.45, 2.75) is 13.3 Å². The Hall–Kier alpha value is -2.12. The van der Waals surface area contributed by atoms with Gasteiger partial charge in [-0.15, -0.1) is 0 Å². The van der Waals surface area contributed by atoms with E-state index in [9.17, 15) is 14.9 Å². The lowest BCUT2D eigenvalue weighted by Gasteiger charge is -2.06. The minimum absolute atomic E-state index is 0.0350. The van der Waals surface area contributed by atoms with E-state index in [0.717, 1.165) is 11.6 Å². The van der Waals surface area contributed by atoms with Crippen LogP contribution in [0.25, 0.3) is 0 Å². The fourth-order valence-electron chi connectivity index (χ4n) is 1.71. The maximum atomic E-state index is 12.1. The Morgan fingerprint density at radius 1 is 1.48 bits per heavy atom. The first-order valence-corrected chi connectivity index (χ1v) is 6.66. The molecule has 0 spiro atoms. The Labute approximate surface area is 129 Å². The van der Waals surface area contributed by atoms with Crippen molar-refractivity contribution >= 4 is 40.6 Å². The van der Waals surface area contributed by atoms with Crippen molar-refractivity contribution in [3.63, 3.8) is 0 Å². The molecule has 1 heterocycles. The topological polar surface area (TPSA) is 101 Å². The Morgan fingerprint density at radius 2 is 2.19 bits per heavy atom. The van der Waals surface area contributed by atoms with Crippen LogP contribution in [0.5, 0.6) is 0 Å². The summed E-state index contributed by atoms with van der Waals surface area (Å²) in [6.45, 7) is 1.91. The number of halogens is 2. The number of anilines is 1. The molecule has 0 aliphatic carbocycles. The van der Waals surface area contributed by atoms with Gasteiger partial charge in [0.15, 0.2) is 0 Å². The number of rotatable bonds is 4. The number of nitro benzene ring substituents is 1. The van der Waals surface area contributed by atoms with Gasteiger partial charge >= 0.3 is 0 Å². The second-order valence-electron chi connectivity index (χ2n) is 4.13. The van der Waals surface area contributed by atoms with Crippen LogP contribution in [0, 0.1) is 10.1 Å². The summed E-state index contributed by atoms with van der Waals surface area (Å²) in [5.74, 6) is -0.105. The highest BCUT2D eigenvalue weighted by Crippen LogP contribution is 2.33. The second kappa shape index (κ2) is 6.11. The number of amides is 1. The largest absolute Gasteiger partial charge is 0.307 e. The zero-order valence-electron chi connectivity index (χ0n) is 10.8. The molecular formula is C12H10Cl2N4O3. The van der Waals surface area contributed by atoms with Gasteiger partial charge in [-0.1, -0.05) is 30.1 Å². The van der Waals surface area contributed by atoms with Crippen LogP contribution in [0.3, 0.4) is 0 Å². The van der Waals surface area contributed by atoms with E-state index in [-0.39, 0.29) is 15.6 Å². The number of aromatic amines is 1. The number of benzene rings is 1. The molecule has 0 saturated carbocycles. The van der Waals surface area contributed by atoms with Crippen LogP contribution < -0.4 is 5.32 Å². The van der Waals surface area contributed by atoms with Crippen LogP contribution in [0.1, 0.15) is 22.8 Å². The molecule has 7 nitrogen and oxygen atoms in total. The number of hydrogen-bond acceptors (Lipinski definition) is 4. The number of aromatic nitrogens is 2. The summed E-state index contributed by atoms with van der Waals surface area (Å²) in [7, 11) is 0. The molecule has 0 saturated heterocycles. The van der Waals surface area contributed by atoms with Gasteiger partial charge in [-0.05, 0) is 12.5 Å². The molecule has 9 heteroatoms. The summed E-state index contributed by atoms with van der Waals surface area (Å²) < 4.78 is 0. The molecule has 1 aromatic carbocycles. The van der Waals surface area contributed by atoms with Gasteiger partial charge in [-0.2, -0.15) is 5.10 Å². The average molecular weight is 329 g/mol. The first-order chi connectivity index (χ1) is 9.93. The number of nitrogens with zero attached hydrogens (tertiary/aromatic N) is 2. The van der Waals surface area contributed by atoms with Crippen LogP contribution in [0.4, 0.5) is 11.5 Å². The van der Waals surface area contributed by atoms with Crippen molar-refractivity contribution in [2.75, 3.05) is 5.32 Å². The fraction of sp³-hybridized carbons (Fsp3) is 0.167. The van der Waals surface area contributed by atoms with Crippen molar-refractivity contribution in [3.8, 4) is 0 Å². The Morgan fingerprint density at radius 3 is 2.81 bits per heavy atom. The predicted octanol–water partition coefficient (Wildman–Crippen LogP) is 3.44. The summed E-state index contributed by atoms with van der Waals surface area (Å²) in [6, 6.07) is 2.35. The monoisotopic (exact) mass is 328 g/mol. The van der Waals surface area contributed by atoms with Crippen LogP contribution in [-0.2, 0) is 6.42 Å². The van der Waals surface area contributed by atoms with Crippen LogP contribution >= 0.6 is 23.2 Å². The molecule has 110 valence electrons. The minimum Gasteiger partial charge on any atom is -0.307 e. The maximum Gasteiger partial charge on any atom is 0.290 e. The Kier molecular flexibility index (Phi) is 4.44. The second-order valence-corrected chi connectivity index (χ2v) is 4.91. The number of carbonyl (C=O) groups is 1. The smallest absolute Gasteiger partial charge is 0.290 e. The SMILES string of the molecule is CCc1cn[nH]c1NC(=O)c1cc(Cl)c(Cl)c([N+](=O)[O-])c1. The molecule has 0 aliphatic heterocycles. The zero-order chi connectivity index (χ0) is 15.6. The molecule has 1 amide bonds. The first-order valence-electron chi connectivity index (χ1n) is 5.91. The number of aryl methyl sites for hydroxylation is 1. The van der Waals surface area contributed by atoms with E-state index < -0.39 is 16.5 Å². The van der Waals surface area contributed by atoms with Gasteiger partial charge < -0.3 is 5.32 Å². The highest BCUT2D eigenvalue weighted by Gasteiger charge is 2.20. The Bertz CT molecular complexity index is 715. The summed E-state index contributed by atoms with van der Waals surface area (Å²) in [4.78, 5) is 22.3. The van der Waals surface area contributed by atoms with Crippen molar-refractivity contribution in [2.24, 2.45) is 0 Å². The molecule has 2 N–H and O–H groups in total. The van der Waals surface area contributed by atoms with Crippen LogP contribution in [-0.4, -0.2) is 21.0 Å². The molecule has 0 unspecified atom stereocenters. The van der Waals surface area contributed by atoms with E-state index in [4.69, 9.17) is 23.2 Å². The lowest BCUT2D eigenvalue weighted by Crippen LogP contribution is -2.13. The molecule has 0 fully saturated rings. The number of H-pyrrole nitrogens is 1. The fourth-order valence-corrected chi connectivity index (χ4v) is 2.10. The maximum absolute atomic E-state index is 12.1. The molecule has 0 aliphatic rings. The van der Waals surface area contributed by atoms with Crippen LogP contribution in [0.15, 0.2) is 18.3 Å². The Balaban J connectivity index is 2.34. The van der Waals surface area contributed by atoms with E-state index in [0.29, 0.717) is 12.2 Å². The standard InChI is InChI=1S/C12H10Cl2N4O3/c1-2-6-5-15-17-11(6)16-12(19)7-3-8(13)10(14)9(4-7)18(20)21/h3-5H,2H2,1H3,(H2,15,16,17,19). The van der Waals surface area contributed by atoms with Gasteiger partial charge in [0.05, 0.1) is 16.1 Å². The van der Waals surface area contributed by atoms with E-state index >= 15 is 0 Å². The number of hydrogen-bond donors (Lipinski definition) is 2. The highest BCUT2D eigenvalue weighted by molar-refractivity contribution is 6.43. The summed E-state index contributed by atoms with van der Waals surface area (Å²) in [5.41, 5.74) is 0.431. The number of nitro groups is 1. The van der Waals surface area contributed by atoms with Gasteiger partial charge in [0.1, 0.15) is 10.8 Å². The third-order valence-electron chi connectivity index (χ3n) is 2.81. The van der Waals surface area contributed by atoms with Crippen molar-refractivity contribution in [3.05, 3.63) is 49.6 Å². The van der Waals surface area contributed by atoms with Gasteiger partial charge in [0.2, 0.25) is 0 Å². The third kappa shape index (κ3) is 3.14. The van der Waals surface area contributed by atoms with E-state index in [2.05, 4.69) is 15.5 Å². The van der Waals surface area contributed by atoms with E-state index in [1.807, 2.05) is 6.92 Å². The molecule has 0 atom stereocenters. The third-order valence-corrected chi connectivity index (χ3v) is 3.60. The van der Waals surface area contributed by atoms with Crippen LogP contribution in [0.2, 0.25) is 10.0 Å². The average Bonchev–Trinajstić information content (AvgIpc) is 2.88. The quantitative estimate of drug-likeness (QED) is 0.663. The normalized spacial score (nSPS) is 10.4. The van der Waals surface area contributed by atoms with Crippen molar-refractivity contribution in [1.29, 1.82) is 0 Å². The van der Waals surface area contributed by atoms with Gasteiger partial charge in [-0.3, -0.25) is 20.0 Å². The molecular weight excluding hydrogens is 319 g/mol. The van der Waals surface area contributed by atoms with E-state index in [1.54, 1.807) is 6.20 Å². The summed E-state index contributed by atoms with van der Waals surface area (Å²) >= 11 is 11.5. The van der Waals surface area contributed by atoms with Crippen molar-refractivity contribution < 1.29 is 9.72 Å². The molecule has 2 aromatic rings. The summed E-state index contributed by atoms with van der Waals surface area (Å²) in [6.07, 6.45) is 2.26. The molecule has 21 heavy (non-hydrogen) atoms. The lowest BCUT2D eigenvalue weighted by atomic mass is 10.2.